The summed E-state index contributed by atoms with van der Waals surface area (Å²) < 4.78 is 18.2. The number of aliphatic imine (C=N–C) groups is 1. The third-order valence-corrected chi connectivity index (χ3v) is 2.99. The predicted molar refractivity (Wildman–Crippen MR) is 82.6 cm³/mol. The van der Waals surface area contributed by atoms with Crippen LogP contribution in [-0.4, -0.2) is 43.8 Å². The second-order valence-electron chi connectivity index (χ2n) is 4.63. The molecule has 1 aromatic rings. The van der Waals surface area contributed by atoms with Crippen molar-refractivity contribution >= 4 is 12.0 Å². The highest BCUT2D eigenvalue weighted by Crippen LogP contribution is 2.09. The van der Waals surface area contributed by atoms with Crippen LogP contribution in [0.5, 0.6) is 0 Å². The van der Waals surface area contributed by atoms with Crippen LogP contribution in [0.1, 0.15) is 6.92 Å². The van der Waals surface area contributed by atoms with Crippen LogP contribution in [0.15, 0.2) is 41.5 Å². The summed E-state index contributed by atoms with van der Waals surface area (Å²) in [6.07, 6.45) is 5.22. The number of morpholine rings is 1. The first-order valence-electron chi connectivity index (χ1n) is 7.02. The Balaban J connectivity index is 1.95. The molecule has 2 N–H and O–H groups in total. The zero-order chi connectivity index (χ0) is 14.9. The second-order valence-corrected chi connectivity index (χ2v) is 4.63. The van der Waals surface area contributed by atoms with Gasteiger partial charge in [-0.3, -0.25) is 0 Å². The van der Waals surface area contributed by atoms with Crippen LogP contribution in [0.2, 0.25) is 0 Å². The van der Waals surface area contributed by atoms with Gasteiger partial charge in [-0.2, -0.15) is 0 Å². The first-order valence-corrected chi connectivity index (χ1v) is 7.02. The van der Waals surface area contributed by atoms with Crippen molar-refractivity contribution in [3.63, 3.8) is 0 Å². The Morgan fingerprint density at radius 3 is 2.67 bits per heavy atom. The fourth-order valence-electron chi connectivity index (χ4n) is 1.87. The van der Waals surface area contributed by atoms with Crippen molar-refractivity contribution in [1.29, 1.82) is 0 Å². The lowest BCUT2D eigenvalue weighted by molar-refractivity contribution is 0.0699. The van der Waals surface area contributed by atoms with E-state index in [-0.39, 0.29) is 12.1 Å². The Kier molecular flexibility index (Phi) is 6.02. The molecule has 21 heavy (non-hydrogen) atoms. The number of anilines is 1. The van der Waals surface area contributed by atoms with E-state index < -0.39 is 0 Å². The maximum absolute atomic E-state index is 12.9. The Bertz CT molecular complexity index is 469. The highest BCUT2D eigenvalue weighted by molar-refractivity contribution is 5.56. The van der Waals surface area contributed by atoms with E-state index in [1.807, 2.05) is 25.5 Å². The Morgan fingerprint density at radius 2 is 2.00 bits per heavy atom. The number of hydrogen-bond acceptors (Lipinski definition) is 4. The highest BCUT2D eigenvalue weighted by atomic mass is 19.1. The van der Waals surface area contributed by atoms with Crippen molar-refractivity contribution in [3.05, 3.63) is 42.4 Å². The lowest BCUT2D eigenvalue weighted by Gasteiger charge is -2.25. The van der Waals surface area contributed by atoms with E-state index in [0.29, 0.717) is 0 Å². The zero-order valence-corrected chi connectivity index (χ0v) is 12.1. The lowest BCUT2D eigenvalue weighted by atomic mass is 10.3. The quantitative estimate of drug-likeness (QED) is 0.478. The van der Waals surface area contributed by atoms with Gasteiger partial charge in [0.25, 0.3) is 0 Å². The normalized spacial score (nSPS) is 17.3. The van der Waals surface area contributed by atoms with Gasteiger partial charge in [0.15, 0.2) is 6.29 Å². The van der Waals surface area contributed by atoms with Gasteiger partial charge in [0.1, 0.15) is 5.82 Å². The Hall–Kier alpha value is -2.08. The SMILES string of the molecule is C/C=C\NC(/N=C/N1CCOCC1)Nc1ccc(F)cc1. The van der Waals surface area contributed by atoms with E-state index in [4.69, 9.17) is 4.74 Å². The molecule has 0 aliphatic carbocycles. The minimum absolute atomic E-state index is 0.254. The van der Waals surface area contributed by atoms with E-state index in [1.54, 1.807) is 12.1 Å². The number of nitrogens with one attached hydrogen (secondary N) is 2. The molecule has 1 atom stereocenters. The van der Waals surface area contributed by atoms with E-state index in [0.717, 1.165) is 32.0 Å². The molecule has 114 valence electrons. The second kappa shape index (κ2) is 8.26. The molecular formula is C15H21FN4O. The summed E-state index contributed by atoms with van der Waals surface area (Å²) in [5.41, 5.74) is 0.803. The molecular weight excluding hydrogens is 271 g/mol. The van der Waals surface area contributed by atoms with Gasteiger partial charge in [-0.25, -0.2) is 9.38 Å². The molecule has 1 heterocycles. The third-order valence-electron chi connectivity index (χ3n) is 2.99. The number of rotatable bonds is 6. The van der Waals surface area contributed by atoms with Crippen molar-refractivity contribution in [2.75, 3.05) is 31.6 Å². The predicted octanol–water partition coefficient (Wildman–Crippen LogP) is 2.00. The van der Waals surface area contributed by atoms with Crippen LogP contribution in [0.3, 0.4) is 0 Å². The Labute approximate surface area is 124 Å². The summed E-state index contributed by atoms with van der Waals surface area (Å²) >= 11 is 0. The molecule has 0 aromatic heterocycles. The topological polar surface area (TPSA) is 48.9 Å². The summed E-state index contributed by atoms with van der Waals surface area (Å²) in [5.74, 6) is -0.254. The van der Waals surface area contributed by atoms with Crippen molar-refractivity contribution < 1.29 is 9.13 Å². The summed E-state index contributed by atoms with van der Waals surface area (Å²) in [5, 5.41) is 6.33. The molecule has 1 fully saturated rings. The molecule has 5 nitrogen and oxygen atoms in total. The molecule has 0 saturated carbocycles. The van der Waals surface area contributed by atoms with E-state index >= 15 is 0 Å². The summed E-state index contributed by atoms with van der Waals surface area (Å²) in [4.78, 5) is 6.59. The van der Waals surface area contributed by atoms with Crippen molar-refractivity contribution in [1.82, 2.24) is 10.2 Å². The third kappa shape index (κ3) is 5.43. The van der Waals surface area contributed by atoms with Crippen LogP contribution in [0, 0.1) is 5.82 Å². The molecule has 1 aromatic carbocycles. The van der Waals surface area contributed by atoms with Crippen molar-refractivity contribution in [2.24, 2.45) is 4.99 Å². The van der Waals surface area contributed by atoms with Crippen molar-refractivity contribution in [3.8, 4) is 0 Å². The van der Waals surface area contributed by atoms with E-state index in [9.17, 15) is 4.39 Å². The standard InChI is InChI=1S/C15H21FN4O/c1-2-7-17-15(18-12-20-8-10-21-11-9-20)19-14-5-3-13(16)4-6-14/h2-7,12,15,17,19H,8-11H2,1H3/b7-2-,18-12+. The van der Waals surface area contributed by atoms with Gasteiger partial charge in [-0.1, -0.05) is 6.08 Å². The molecule has 0 bridgehead atoms. The summed E-state index contributed by atoms with van der Waals surface area (Å²) in [6, 6.07) is 6.20. The molecule has 1 aliphatic rings. The smallest absolute Gasteiger partial charge is 0.195 e. The van der Waals surface area contributed by atoms with Gasteiger partial charge in [0.05, 0.1) is 19.6 Å². The summed E-state index contributed by atoms with van der Waals surface area (Å²) in [6.45, 7) is 5.06. The van der Waals surface area contributed by atoms with Gasteiger partial charge in [0, 0.05) is 18.8 Å². The molecule has 0 spiro atoms. The molecule has 6 heteroatoms. The van der Waals surface area contributed by atoms with E-state index in [2.05, 4.69) is 20.5 Å². The van der Waals surface area contributed by atoms with Crippen LogP contribution >= 0.6 is 0 Å². The fourth-order valence-corrected chi connectivity index (χ4v) is 1.87. The minimum atomic E-state index is -0.311. The Morgan fingerprint density at radius 1 is 1.29 bits per heavy atom. The monoisotopic (exact) mass is 292 g/mol. The molecule has 1 saturated heterocycles. The number of benzene rings is 1. The van der Waals surface area contributed by atoms with Crippen molar-refractivity contribution in [2.45, 2.75) is 13.2 Å². The largest absolute Gasteiger partial charge is 0.378 e. The molecule has 1 aliphatic heterocycles. The molecule has 0 amide bonds. The first kappa shape index (κ1) is 15.3. The van der Waals surface area contributed by atoms with Gasteiger partial charge in [-0.05, 0) is 37.4 Å². The molecule has 0 radical (unpaired) electrons. The summed E-state index contributed by atoms with van der Waals surface area (Å²) in [7, 11) is 0. The van der Waals surface area contributed by atoms with Gasteiger partial charge < -0.3 is 20.3 Å². The van der Waals surface area contributed by atoms with Gasteiger partial charge >= 0.3 is 0 Å². The van der Waals surface area contributed by atoms with Crippen LogP contribution in [0.25, 0.3) is 0 Å². The lowest BCUT2D eigenvalue weighted by Crippen LogP contribution is -2.37. The number of hydrogen-bond donors (Lipinski definition) is 2. The maximum atomic E-state index is 12.9. The number of halogens is 1. The highest BCUT2D eigenvalue weighted by Gasteiger charge is 2.08. The average molecular weight is 292 g/mol. The van der Waals surface area contributed by atoms with Crippen LogP contribution < -0.4 is 10.6 Å². The number of nitrogens with zero attached hydrogens (tertiary/aromatic N) is 2. The van der Waals surface area contributed by atoms with Crippen LogP contribution in [-0.2, 0) is 4.74 Å². The molecule has 1 unspecified atom stereocenters. The number of ether oxygens (including phenoxy) is 1. The number of allylic oxidation sites excluding steroid dienone is 1. The van der Waals surface area contributed by atoms with E-state index in [1.165, 1.54) is 12.1 Å². The van der Waals surface area contributed by atoms with Gasteiger partial charge in [0.2, 0.25) is 0 Å². The maximum Gasteiger partial charge on any atom is 0.195 e. The first-order chi connectivity index (χ1) is 10.3. The van der Waals surface area contributed by atoms with Gasteiger partial charge in [-0.15, -0.1) is 0 Å². The van der Waals surface area contributed by atoms with Crippen LogP contribution in [0.4, 0.5) is 10.1 Å². The molecule has 2 rings (SSSR count). The average Bonchev–Trinajstić information content (AvgIpc) is 2.53. The minimum Gasteiger partial charge on any atom is -0.378 e. The fraction of sp³-hybridized carbons (Fsp3) is 0.400. The zero-order valence-electron chi connectivity index (χ0n) is 12.1.